The van der Waals surface area contributed by atoms with Gasteiger partial charge in [-0.15, -0.1) is 0 Å². The number of benzene rings is 3. The topological polar surface area (TPSA) is 77.5 Å². The molecule has 1 unspecified atom stereocenters. The van der Waals surface area contributed by atoms with Gasteiger partial charge in [0, 0.05) is 31.4 Å². The number of unbranched alkanes of at least 4 members (excludes halogenated alkanes) is 9. The van der Waals surface area contributed by atoms with Gasteiger partial charge in [0.1, 0.15) is 17.2 Å². The van der Waals surface area contributed by atoms with Crippen molar-refractivity contribution < 1.29 is 28.5 Å². The summed E-state index contributed by atoms with van der Waals surface area (Å²) in [5, 5.41) is 0. The molecule has 0 radical (unpaired) electrons. The van der Waals surface area contributed by atoms with Crippen LogP contribution in [0.4, 0.5) is 11.4 Å². The van der Waals surface area contributed by atoms with E-state index >= 15 is 0 Å². The number of anilines is 2. The number of carbonyl (C=O) groups excluding carboxylic acids is 2. The molecule has 5 rings (SSSR count). The summed E-state index contributed by atoms with van der Waals surface area (Å²) in [4.78, 5) is 31.0. The fourth-order valence-electron chi connectivity index (χ4n) is 7.80. The monoisotopic (exact) mass is 740 g/mol. The number of rotatable bonds is 23. The van der Waals surface area contributed by atoms with E-state index < -0.39 is 0 Å². The lowest BCUT2D eigenvalue weighted by atomic mass is 9.91. The largest absolute Gasteiger partial charge is 0.497 e. The molecule has 8 heteroatoms. The predicted molar refractivity (Wildman–Crippen MR) is 218 cm³/mol. The molecule has 1 aliphatic heterocycles. The molecule has 1 saturated carbocycles. The van der Waals surface area contributed by atoms with Crippen LogP contribution in [0.15, 0.2) is 66.7 Å². The van der Waals surface area contributed by atoms with Gasteiger partial charge < -0.3 is 28.7 Å². The Morgan fingerprint density at radius 3 is 2.02 bits per heavy atom. The zero-order valence-corrected chi connectivity index (χ0v) is 33.4. The summed E-state index contributed by atoms with van der Waals surface area (Å²) in [6.45, 7) is 5.21. The van der Waals surface area contributed by atoms with Gasteiger partial charge in [0.05, 0.1) is 45.6 Å². The Morgan fingerprint density at radius 1 is 0.741 bits per heavy atom. The third-order valence-corrected chi connectivity index (χ3v) is 11.3. The quantitative estimate of drug-likeness (QED) is 0.0707. The first-order valence-corrected chi connectivity index (χ1v) is 20.6. The smallest absolute Gasteiger partial charge is 0.306 e. The number of piperidine rings is 1. The number of carbonyl (C=O) groups is 2. The molecule has 0 aromatic heterocycles. The van der Waals surface area contributed by atoms with Crippen molar-refractivity contribution >= 4 is 23.3 Å². The maximum Gasteiger partial charge on any atom is 0.306 e. The third kappa shape index (κ3) is 12.2. The summed E-state index contributed by atoms with van der Waals surface area (Å²) in [6.07, 6.45) is 17.1. The van der Waals surface area contributed by atoms with Crippen LogP contribution in [0, 0.1) is 11.8 Å². The fraction of sp³-hybridized carbons (Fsp3) is 0.565. The van der Waals surface area contributed by atoms with Crippen LogP contribution in [-0.4, -0.2) is 59.4 Å². The highest BCUT2D eigenvalue weighted by atomic mass is 16.5. The average Bonchev–Trinajstić information content (AvgIpc) is 4.07. The molecule has 2 fully saturated rings. The van der Waals surface area contributed by atoms with Gasteiger partial charge in [-0.25, -0.2) is 0 Å². The number of methoxy groups -OCH3 is 3. The highest BCUT2D eigenvalue weighted by Crippen LogP contribution is 2.45. The predicted octanol–water partition coefficient (Wildman–Crippen LogP) is 10.6. The molecule has 1 heterocycles. The molecule has 8 nitrogen and oxygen atoms in total. The van der Waals surface area contributed by atoms with Crippen molar-refractivity contribution in [2.45, 2.75) is 109 Å². The molecule has 2 aliphatic rings. The maximum atomic E-state index is 14.6. The number of amides is 1. The number of hydrogen-bond donors (Lipinski definition) is 0. The average molecular weight is 741 g/mol. The van der Waals surface area contributed by atoms with Crippen molar-refractivity contribution in [2.75, 3.05) is 57.4 Å². The fourth-order valence-corrected chi connectivity index (χ4v) is 7.80. The number of ether oxygens (including phenoxy) is 4. The zero-order chi connectivity index (χ0) is 38.1. The SMILES string of the molecule is CCCCCCCCCCCCN(C(=O)c1ccc(OC)cc1N1CCC(COc2cccc(C(CC(=O)OC)C3CC3)c2)CC1)c1ccc(OC)cc1. The molecule has 1 atom stereocenters. The van der Waals surface area contributed by atoms with Crippen LogP contribution in [0.2, 0.25) is 0 Å². The molecule has 3 aromatic carbocycles. The summed E-state index contributed by atoms with van der Waals surface area (Å²) in [6, 6.07) is 22.0. The Hall–Kier alpha value is -4.20. The van der Waals surface area contributed by atoms with E-state index in [1.807, 2.05) is 59.5 Å². The van der Waals surface area contributed by atoms with Gasteiger partial charge in [0.2, 0.25) is 0 Å². The molecule has 0 bridgehead atoms. The van der Waals surface area contributed by atoms with Crippen LogP contribution >= 0.6 is 0 Å². The Kier molecular flexibility index (Phi) is 16.4. The second-order valence-corrected chi connectivity index (χ2v) is 15.3. The molecule has 54 heavy (non-hydrogen) atoms. The van der Waals surface area contributed by atoms with Gasteiger partial charge in [-0.1, -0.05) is 76.8 Å². The van der Waals surface area contributed by atoms with Crippen molar-refractivity contribution in [3.8, 4) is 17.2 Å². The van der Waals surface area contributed by atoms with Crippen LogP contribution in [0.1, 0.15) is 125 Å². The van der Waals surface area contributed by atoms with E-state index in [4.69, 9.17) is 18.9 Å². The summed E-state index contributed by atoms with van der Waals surface area (Å²) in [5.41, 5.74) is 3.65. The normalized spacial score (nSPS) is 15.1. The standard InChI is InChI=1S/C46H64N2O6/c1-5-6-7-8-9-10-11-12-13-14-28-48(38-20-22-39(51-2)23-21-38)46(50)42-25-24-40(52-3)32-44(42)47-29-26-35(27-30-47)34-54-41-17-15-16-37(31-41)43(36-18-19-36)33-45(49)53-4/h15-17,20-25,31-32,35-36,43H,5-14,18-19,26-30,33-34H2,1-4H3. The Bertz CT molecular complexity index is 1580. The van der Waals surface area contributed by atoms with Gasteiger partial charge >= 0.3 is 5.97 Å². The molecule has 1 aliphatic carbocycles. The lowest BCUT2D eigenvalue weighted by Gasteiger charge is -2.35. The molecule has 3 aromatic rings. The van der Waals surface area contributed by atoms with Gasteiger partial charge in [0.15, 0.2) is 0 Å². The molecule has 1 amide bonds. The molecular weight excluding hydrogens is 677 g/mol. The van der Waals surface area contributed by atoms with Gasteiger partial charge in [-0.3, -0.25) is 9.59 Å². The Morgan fingerprint density at radius 2 is 1.39 bits per heavy atom. The van der Waals surface area contributed by atoms with Crippen LogP contribution < -0.4 is 24.0 Å². The number of esters is 1. The number of hydrogen-bond acceptors (Lipinski definition) is 7. The first kappa shape index (κ1) is 41.0. The van der Waals surface area contributed by atoms with Crippen molar-refractivity contribution in [1.82, 2.24) is 0 Å². The minimum Gasteiger partial charge on any atom is -0.497 e. The molecule has 0 N–H and O–H groups in total. The van der Waals surface area contributed by atoms with Gasteiger partial charge in [0.25, 0.3) is 5.91 Å². The van der Waals surface area contributed by atoms with Crippen LogP contribution in [0.25, 0.3) is 0 Å². The minimum atomic E-state index is -0.159. The second kappa shape index (κ2) is 21.6. The maximum absolute atomic E-state index is 14.6. The Balaban J connectivity index is 1.20. The van der Waals surface area contributed by atoms with E-state index in [0.29, 0.717) is 37.0 Å². The first-order valence-electron chi connectivity index (χ1n) is 20.6. The van der Waals surface area contributed by atoms with Gasteiger partial charge in [-0.05, 0) is 104 Å². The summed E-state index contributed by atoms with van der Waals surface area (Å²) in [7, 11) is 4.80. The van der Waals surface area contributed by atoms with Crippen LogP contribution in [0.3, 0.4) is 0 Å². The van der Waals surface area contributed by atoms with Crippen molar-refractivity contribution in [2.24, 2.45) is 11.8 Å². The van der Waals surface area contributed by atoms with Crippen molar-refractivity contribution in [3.05, 3.63) is 77.9 Å². The van der Waals surface area contributed by atoms with Crippen molar-refractivity contribution in [3.63, 3.8) is 0 Å². The summed E-state index contributed by atoms with van der Waals surface area (Å²) in [5.74, 6) is 3.34. The van der Waals surface area contributed by atoms with E-state index in [1.165, 1.54) is 58.5 Å². The lowest BCUT2D eigenvalue weighted by molar-refractivity contribution is -0.141. The van der Waals surface area contributed by atoms with Crippen molar-refractivity contribution in [1.29, 1.82) is 0 Å². The molecular formula is C46H64N2O6. The highest BCUT2D eigenvalue weighted by Gasteiger charge is 2.34. The molecule has 1 saturated heterocycles. The zero-order valence-electron chi connectivity index (χ0n) is 33.4. The Labute approximate surface area is 324 Å². The minimum absolute atomic E-state index is 0.00998. The second-order valence-electron chi connectivity index (χ2n) is 15.3. The summed E-state index contributed by atoms with van der Waals surface area (Å²) >= 11 is 0. The van der Waals surface area contributed by atoms with E-state index in [0.717, 1.165) is 85.8 Å². The van der Waals surface area contributed by atoms with E-state index in [2.05, 4.69) is 24.0 Å². The van der Waals surface area contributed by atoms with Crippen LogP contribution in [0.5, 0.6) is 17.2 Å². The van der Waals surface area contributed by atoms with E-state index in [-0.39, 0.29) is 17.8 Å². The van der Waals surface area contributed by atoms with E-state index in [1.54, 1.807) is 14.2 Å². The number of nitrogens with zero attached hydrogens (tertiary/aromatic N) is 2. The van der Waals surface area contributed by atoms with E-state index in [9.17, 15) is 9.59 Å². The molecule has 294 valence electrons. The highest BCUT2D eigenvalue weighted by molar-refractivity contribution is 6.10. The third-order valence-electron chi connectivity index (χ3n) is 11.3. The first-order chi connectivity index (χ1) is 26.4. The summed E-state index contributed by atoms with van der Waals surface area (Å²) < 4.78 is 22.4. The van der Waals surface area contributed by atoms with Crippen LogP contribution in [-0.2, 0) is 9.53 Å². The molecule has 0 spiro atoms. The van der Waals surface area contributed by atoms with Gasteiger partial charge in [-0.2, -0.15) is 0 Å². The lowest BCUT2D eigenvalue weighted by Crippen LogP contribution is -2.38.